The van der Waals surface area contributed by atoms with Crippen molar-refractivity contribution in [1.29, 1.82) is 0 Å². The molecule has 3 N–H and O–H groups in total. The van der Waals surface area contributed by atoms with Crippen molar-refractivity contribution in [2.75, 3.05) is 13.1 Å². The third-order valence-electron chi connectivity index (χ3n) is 2.99. The lowest BCUT2D eigenvalue weighted by molar-refractivity contribution is 0.158. The van der Waals surface area contributed by atoms with Crippen LogP contribution in [-0.2, 0) is 0 Å². The first-order chi connectivity index (χ1) is 9.29. The Bertz CT molecular complexity index is 418. The molecular weight excluding hydrogens is 242 g/mol. The van der Waals surface area contributed by atoms with E-state index in [1.54, 1.807) is 18.4 Å². The van der Waals surface area contributed by atoms with E-state index in [-0.39, 0.29) is 6.54 Å². The molecule has 0 spiro atoms. The Morgan fingerprint density at radius 3 is 2.95 bits per heavy atom. The summed E-state index contributed by atoms with van der Waals surface area (Å²) in [5, 5.41) is 16.5. The molecule has 0 bridgehead atoms. The Labute approximate surface area is 113 Å². The number of rotatable bonds is 5. The minimum Gasteiger partial charge on any atom is -0.467 e. The van der Waals surface area contributed by atoms with Gasteiger partial charge in [0, 0.05) is 12.6 Å². The lowest BCUT2D eigenvalue weighted by Gasteiger charge is -2.17. The van der Waals surface area contributed by atoms with Gasteiger partial charge in [-0.3, -0.25) is 4.99 Å². The van der Waals surface area contributed by atoms with Gasteiger partial charge in [0.05, 0.1) is 12.8 Å². The maximum atomic E-state index is 9.92. The van der Waals surface area contributed by atoms with Crippen LogP contribution >= 0.6 is 0 Å². The van der Waals surface area contributed by atoms with E-state index in [0.717, 1.165) is 25.3 Å². The molecule has 0 aromatic carbocycles. The Morgan fingerprint density at radius 2 is 2.32 bits per heavy atom. The molecule has 1 aliphatic carbocycles. The zero-order valence-corrected chi connectivity index (χ0v) is 11.2. The number of furan rings is 1. The second-order valence-electron chi connectivity index (χ2n) is 4.53. The van der Waals surface area contributed by atoms with E-state index >= 15 is 0 Å². The number of aliphatic hydroxyl groups excluding tert-OH is 1. The van der Waals surface area contributed by atoms with Crippen molar-refractivity contribution in [3.8, 4) is 0 Å². The van der Waals surface area contributed by atoms with Crippen molar-refractivity contribution in [3.63, 3.8) is 0 Å². The first-order valence-electron chi connectivity index (χ1n) is 6.71. The standard InChI is InChI=1S/C14H21N3O2/c1-2-15-14(17-11-6-3-4-7-11)16-10-12(18)13-8-5-9-19-13/h3-5,8-9,11-12,18H,2,6-7,10H2,1H3,(H2,15,16,17). The molecule has 0 saturated carbocycles. The van der Waals surface area contributed by atoms with Gasteiger partial charge in [0.15, 0.2) is 5.96 Å². The average Bonchev–Trinajstić information content (AvgIpc) is 3.08. The van der Waals surface area contributed by atoms with Gasteiger partial charge in [-0.05, 0) is 31.9 Å². The number of nitrogens with zero attached hydrogens (tertiary/aromatic N) is 1. The SMILES string of the molecule is CCNC(=NCC(O)c1ccco1)NC1CC=CC1. The zero-order valence-electron chi connectivity index (χ0n) is 11.2. The van der Waals surface area contributed by atoms with Crippen molar-refractivity contribution in [2.24, 2.45) is 4.99 Å². The molecule has 0 amide bonds. The minimum atomic E-state index is -0.702. The van der Waals surface area contributed by atoms with Gasteiger partial charge in [0.2, 0.25) is 0 Å². The second-order valence-corrected chi connectivity index (χ2v) is 4.53. The second kappa shape index (κ2) is 6.99. The number of guanidine groups is 1. The van der Waals surface area contributed by atoms with E-state index < -0.39 is 6.10 Å². The molecule has 0 radical (unpaired) electrons. The molecule has 5 nitrogen and oxygen atoms in total. The molecule has 1 heterocycles. The molecule has 1 aromatic rings. The summed E-state index contributed by atoms with van der Waals surface area (Å²) in [4.78, 5) is 4.39. The topological polar surface area (TPSA) is 69.8 Å². The summed E-state index contributed by atoms with van der Waals surface area (Å²) in [6, 6.07) is 3.91. The number of aliphatic hydroxyl groups is 1. The fourth-order valence-corrected chi connectivity index (χ4v) is 2.00. The highest BCUT2D eigenvalue weighted by molar-refractivity contribution is 5.80. The van der Waals surface area contributed by atoms with E-state index in [4.69, 9.17) is 4.42 Å². The lowest BCUT2D eigenvalue weighted by atomic mass is 10.2. The summed E-state index contributed by atoms with van der Waals surface area (Å²) >= 11 is 0. The van der Waals surface area contributed by atoms with Crippen molar-refractivity contribution in [2.45, 2.75) is 31.9 Å². The molecule has 104 valence electrons. The molecule has 0 saturated heterocycles. The van der Waals surface area contributed by atoms with Crippen LogP contribution < -0.4 is 10.6 Å². The van der Waals surface area contributed by atoms with Crippen LogP contribution in [0.2, 0.25) is 0 Å². The van der Waals surface area contributed by atoms with Crippen LogP contribution in [0.1, 0.15) is 31.6 Å². The quantitative estimate of drug-likeness (QED) is 0.428. The molecule has 5 heteroatoms. The van der Waals surface area contributed by atoms with Crippen LogP contribution in [0.5, 0.6) is 0 Å². The Morgan fingerprint density at radius 1 is 1.53 bits per heavy atom. The normalized spacial score (nSPS) is 17.7. The fraction of sp³-hybridized carbons (Fsp3) is 0.500. The first kappa shape index (κ1) is 13.7. The summed E-state index contributed by atoms with van der Waals surface area (Å²) in [5.74, 6) is 1.28. The molecule has 1 unspecified atom stereocenters. The van der Waals surface area contributed by atoms with Crippen molar-refractivity contribution in [3.05, 3.63) is 36.3 Å². The molecule has 1 aromatic heterocycles. The summed E-state index contributed by atoms with van der Waals surface area (Å²) in [6.45, 7) is 3.10. The highest BCUT2D eigenvalue weighted by Gasteiger charge is 2.13. The summed E-state index contributed by atoms with van der Waals surface area (Å²) in [6.07, 6.45) is 7.22. The summed E-state index contributed by atoms with van der Waals surface area (Å²) < 4.78 is 5.15. The number of aliphatic imine (C=N–C) groups is 1. The summed E-state index contributed by atoms with van der Waals surface area (Å²) in [5.41, 5.74) is 0. The average molecular weight is 263 g/mol. The lowest BCUT2D eigenvalue weighted by Crippen LogP contribution is -2.42. The van der Waals surface area contributed by atoms with Gasteiger partial charge in [-0.1, -0.05) is 12.2 Å². The van der Waals surface area contributed by atoms with Crippen LogP contribution in [0.25, 0.3) is 0 Å². The van der Waals surface area contributed by atoms with Crippen LogP contribution in [0.15, 0.2) is 40.0 Å². The van der Waals surface area contributed by atoms with E-state index in [2.05, 4.69) is 27.8 Å². The highest BCUT2D eigenvalue weighted by atomic mass is 16.4. The molecule has 1 aliphatic rings. The van der Waals surface area contributed by atoms with E-state index in [9.17, 15) is 5.11 Å². The molecule has 2 rings (SSSR count). The monoisotopic (exact) mass is 263 g/mol. The molecule has 1 atom stereocenters. The Balaban J connectivity index is 1.88. The number of hydrogen-bond acceptors (Lipinski definition) is 3. The first-order valence-corrected chi connectivity index (χ1v) is 6.71. The molecule has 19 heavy (non-hydrogen) atoms. The van der Waals surface area contributed by atoms with Gasteiger partial charge in [0.1, 0.15) is 11.9 Å². The third-order valence-corrected chi connectivity index (χ3v) is 2.99. The van der Waals surface area contributed by atoms with Crippen LogP contribution in [-0.4, -0.2) is 30.2 Å². The van der Waals surface area contributed by atoms with Gasteiger partial charge in [-0.25, -0.2) is 0 Å². The van der Waals surface area contributed by atoms with E-state index in [1.807, 2.05) is 6.92 Å². The van der Waals surface area contributed by atoms with Crippen LogP contribution in [0.4, 0.5) is 0 Å². The van der Waals surface area contributed by atoms with Crippen molar-refractivity contribution in [1.82, 2.24) is 10.6 Å². The smallest absolute Gasteiger partial charge is 0.191 e. The Hall–Kier alpha value is -1.75. The number of nitrogens with one attached hydrogen (secondary N) is 2. The van der Waals surface area contributed by atoms with Crippen molar-refractivity contribution >= 4 is 5.96 Å². The van der Waals surface area contributed by atoms with Gasteiger partial charge >= 0.3 is 0 Å². The van der Waals surface area contributed by atoms with Gasteiger partial charge in [-0.2, -0.15) is 0 Å². The van der Waals surface area contributed by atoms with Crippen LogP contribution in [0, 0.1) is 0 Å². The van der Waals surface area contributed by atoms with E-state index in [0.29, 0.717) is 11.8 Å². The number of hydrogen-bond donors (Lipinski definition) is 3. The van der Waals surface area contributed by atoms with Gasteiger partial charge in [-0.15, -0.1) is 0 Å². The third kappa shape index (κ3) is 4.13. The largest absolute Gasteiger partial charge is 0.467 e. The Kier molecular flexibility index (Phi) is 5.03. The highest BCUT2D eigenvalue weighted by Crippen LogP contribution is 2.13. The van der Waals surface area contributed by atoms with Gasteiger partial charge in [0.25, 0.3) is 0 Å². The summed E-state index contributed by atoms with van der Waals surface area (Å²) in [7, 11) is 0. The predicted molar refractivity (Wildman–Crippen MR) is 74.9 cm³/mol. The molecule has 0 aliphatic heterocycles. The predicted octanol–water partition coefficient (Wildman–Crippen LogP) is 1.59. The molecular formula is C14H21N3O2. The van der Waals surface area contributed by atoms with Gasteiger partial charge < -0.3 is 20.2 Å². The van der Waals surface area contributed by atoms with E-state index in [1.165, 1.54) is 0 Å². The zero-order chi connectivity index (χ0) is 13.5. The van der Waals surface area contributed by atoms with Crippen molar-refractivity contribution < 1.29 is 9.52 Å². The fourth-order valence-electron chi connectivity index (χ4n) is 2.00. The minimum absolute atomic E-state index is 0.281. The maximum Gasteiger partial charge on any atom is 0.191 e. The maximum absolute atomic E-state index is 9.92. The molecule has 0 fully saturated rings. The van der Waals surface area contributed by atoms with Crippen LogP contribution in [0.3, 0.4) is 0 Å².